The number of halogens is 1. The minimum atomic E-state index is -0.514. The Balaban J connectivity index is 1.74. The smallest absolute Gasteiger partial charge is 0.228 e. The van der Waals surface area contributed by atoms with E-state index in [2.05, 4.69) is 25.9 Å². The fourth-order valence-corrected chi connectivity index (χ4v) is 3.64. The molecule has 2 N–H and O–H groups in total. The highest BCUT2D eigenvalue weighted by Gasteiger charge is 2.23. The molecule has 1 amide bonds. The Morgan fingerprint density at radius 3 is 2.79 bits per heavy atom. The predicted octanol–water partition coefficient (Wildman–Crippen LogP) is 2.67. The molecule has 0 aliphatic carbocycles. The van der Waals surface area contributed by atoms with Gasteiger partial charge < -0.3 is 10.6 Å². The number of pyridine rings is 1. The van der Waals surface area contributed by atoms with Crippen molar-refractivity contribution in [2.24, 2.45) is 13.0 Å². The zero-order chi connectivity index (χ0) is 19.7. The lowest BCUT2D eigenvalue weighted by Gasteiger charge is -2.22. The number of nitrogens with one attached hydrogen (secondary N) is 2. The van der Waals surface area contributed by atoms with Crippen LogP contribution in [-0.4, -0.2) is 39.0 Å². The van der Waals surface area contributed by atoms with Crippen LogP contribution < -0.4 is 10.6 Å². The molecule has 1 aliphatic heterocycles. The second-order valence-corrected chi connectivity index (χ2v) is 7.13. The second kappa shape index (κ2) is 7.63. The normalized spacial score (nSPS) is 15.1. The SMILES string of the molecule is CCc1nc(NC(=O)C2CCNCC2)c(F)c2cc(-c3cn(C)nn3)ccc12. The summed E-state index contributed by atoms with van der Waals surface area (Å²) in [5.41, 5.74) is 2.19. The molecular formula is C20H23FN6O. The number of anilines is 1. The van der Waals surface area contributed by atoms with E-state index in [4.69, 9.17) is 0 Å². The van der Waals surface area contributed by atoms with Gasteiger partial charge >= 0.3 is 0 Å². The molecule has 0 spiro atoms. The number of hydrogen-bond acceptors (Lipinski definition) is 5. The number of nitrogens with zero attached hydrogens (tertiary/aromatic N) is 4. The van der Waals surface area contributed by atoms with E-state index >= 15 is 4.39 Å². The third-order valence-electron chi connectivity index (χ3n) is 5.21. The Bertz CT molecular complexity index is 1020. The van der Waals surface area contributed by atoms with E-state index < -0.39 is 5.82 Å². The molecule has 1 saturated heterocycles. The Labute approximate surface area is 162 Å². The molecule has 0 atom stereocenters. The summed E-state index contributed by atoms with van der Waals surface area (Å²) >= 11 is 0. The van der Waals surface area contributed by atoms with Crippen LogP contribution in [0.3, 0.4) is 0 Å². The summed E-state index contributed by atoms with van der Waals surface area (Å²) in [5, 5.41) is 15.2. The fourth-order valence-electron chi connectivity index (χ4n) is 3.64. The summed E-state index contributed by atoms with van der Waals surface area (Å²) in [6.45, 7) is 3.56. The summed E-state index contributed by atoms with van der Waals surface area (Å²) in [5.74, 6) is -0.794. The van der Waals surface area contributed by atoms with Gasteiger partial charge in [0.05, 0.1) is 11.9 Å². The van der Waals surface area contributed by atoms with Gasteiger partial charge in [0, 0.05) is 29.3 Å². The van der Waals surface area contributed by atoms with Crippen LogP contribution in [0.25, 0.3) is 22.0 Å². The maximum absolute atomic E-state index is 15.3. The first-order valence-electron chi connectivity index (χ1n) is 9.57. The molecule has 4 rings (SSSR count). The summed E-state index contributed by atoms with van der Waals surface area (Å²) in [7, 11) is 1.78. The Morgan fingerprint density at radius 1 is 1.32 bits per heavy atom. The third-order valence-corrected chi connectivity index (χ3v) is 5.21. The van der Waals surface area contributed by atoms with E-state index in [1.165, 1.54) is 0 Å². The lowest BCUT2D eigenvalue weighted by molar-refractivity contribution is -0.120. The maximum atomic E-state index is 15.3. The van der Waals surface area contributed by atoms with Crippen molar-refractivity contribution in [2.45, 2.75) is 26.2 Å². The van der Waals surface area contributed by atoms with Gasteiger partial charge in [0.2, 0.25) is 5.91 Å². The van der Waals surface area contributed by atoms with E-state index in [1.54, 1.807) is 24.0 Å². The van der Waals surface area contributed by atoms with Crippen LogP contribution in [0.4, 0.5) is 10.2 Å². The van der Waals surface area contributed by atoms with Gasteiger partial charge in [0.1, 0.15) is 5.69 Å². The number of amides is 1. The van der Waals surface area contributed by atoms with Crippen molar-refractivity contribution in [3.8, 4) is 11.3 Å². The van der Waals surface area contributed by atoms with Gasteiger partial charge in [0.15, 0.2) is 11.6 Å². The number of piperidine rings is 1. The number of fused-ring (bicyclic) bond motifs is 1. The summed E-state index contributed by atoms with van der Waals surface area (Å²) in [6, 6.07) is 5.49. The summed E-state index contributed by atoms with van der Waals surface area (Å²) < 4.78 is 16.9. The van der Waals surface area contributed by atoms with Crippen LogP contribution in [0.1, 0.15) is 25.5 Å². The van der Waals surface area contributed by atoms with E-state index in [0.717, 1.165) is 42.6 Å². The minimum absolute atomic E-state index is 0.00387. The standard InChI is InChI=1S/C20H23FN6O/c1-3-16-14-5-4-13(17-11-27(2)26-25-17)10-15(14)18(21)19(23-16)24-20(28)12-6-8-22-9-7-12/h4-5,10-12,22H,3,6-9H2,1-2H3,(H,23,24,28). The van der Waals surface area contributed by atoms with Crippen LogP contribution in [0, 0.1) is 11.7 Å². The molecule has 0 saturated carbocycles. The van der Waals surface area contributed by atoms with Crippen molar-refractivity contribution in [3.05, 3.63) is 35.9 Å². The van der Waals surface area contributed by atoms with Crippen LogP contribution in [0.2, 0.25) is 0 Å². The van der Waals surface area contributed by atoms with Gasteiger partial charge in [-0.05, 0) is 38.4 Å². The van der Waals surface area contributed by atoms with Crippen LogP contribution in [0.15, 0.2) is 24.4 Å². The third kappa shape index (κ3) is 3.47. The zero-order valence-corrected chi connectivity index (χ0v) is 16.0. The molecule has 0 unspecified atom stereocenters. The molecule has 1 aliphatic rings. The van der Waals surface area contributed by atoms with Gasteiger partial charge in [-0.25, -0.2) is 9.37 Å². The number of aromatic nitrogens is 4. The van der Waals surface area contributed by atoms with Crippen molar-refractivity contribution >= 4 is 22.5 Å². The molecule has 0 bridgehead atoms. The molecule has 0 radical (unpaired) electrons. The molecule has 2 aromatic heterocycles. The molecule has 146 valence electrons. The molecule has 8 heteroatoms. The monoisotopic (exact) mass is 382 g/mol. The van der Waals surface area contributed by atoms with Gasteiger partial charge in [-0.1, -0.05) is 24.3 Å². The van der Waals surface area contributed by atoms with Crippen molar-refractivity contribution in [2.75, 3.05) is 18.4 Å². The Kier molecular flexibility index (Phi) is 5.04. The van der Waals surface area contributed by atoms with Crippen molar-refractivity contribution in [3.63, 3.8) is 0 Å². The molecule has 28 heavy (non-hydrogen) atoms. The highest BCUT2D eigenvalue weighted by atomic mass is 19.1. The first-order valence-corrected chi connectivity index (χ1v) is 9.57. The highest BCUT2D eigenvalue weighted by molar-refractivity contribution is 5.96. The van der Waals surface area contributed by atoms with E-state index in [1.807, 2.05) is 19.1 Å². The number of carbonyl (C=O) groups is 1. The average Bonchev–Trinajstić information content (AvgIpc) is 3.16. The van der Waals surface area contributed by atoms with Crippen LogP contribution >= 0.6 is 0 Å². The number of hydrogen-bond donors (Lipinski definition) is 2. The van der Waals surface area contributed by atoms with Gasteiger partial charge in [-0.15, -0.1) is 5.10 Å². The van der Waals surface area contributed by atoms with Gasteiger partial charge in [-0.2, -0.15) is 0 Å². The zero-order valence-electron chi connectivity index (χ0n) is 16.0. The highest BCUT2D eigenvalue weighted by Crippen LogP contribution is 2.30. The van der Waals surface area contributed by atoms with Crippen LogP contribution in [-0.2, 0) is 18.3 Å². The molecule has 7 nitrogen and oxygen atoms in total. The molecule has 1 fully saturated rings. The lowest BCUT2D eigenvalue weighted by Crippen LogP contribution is -2.35. The molecular weight excluding hydrogens is 359 g/mol. The van der Waals surface area contributed by atoms with Crippen molar-refractivity contribution < 1.29 is 9.18 Å². The second-order valence-electron chi connectivity index (χ2n) is 7.13. The number of carbonyl (C=O) groups excluding carboxylic acids is 1. The fraction of sp³-hybridized carbons (Fsp3) is 0.400. The summed E-state index contributed by atoms with van der Waals surface area (Å²) in [6.07, 6.45) is 3.91. The van der Waals surface area contributed by atoms with Gasteiger partial charge in [0.25, 0.3) is 0 Å². The quantitative estimate of drug-likeness (QED) is 0.725. The van der Waals surface area contributed by atoms with Crippen LogP contribution in [0.5, 0.6) is 0 Å². The van der Waals surface area contributed by atoms with Crippen molar-refractivity contribution in [1.82, 2.24) is 25.3 Å². The molecule has 1 aromatic carbocycles. The summed E-state index contributed by atoms with van der Waals surface area (Å²) in [4.78, 5) is 17.0. The van der Waals surface area contributed by atoms with Gasteiger partial charge in [-0.3, -0.25) is 9.48 Å². The number of rotatable bonds is 4. The predicted molar refractivity (Wildman–Crippen MR) is 105 cm³/mol. The molecule has 3 heterocycles. The van der Waals surface area contributed by atoms with Crippen molar-refractivity contribution in [1.29, 1.82) is 0 Å². The largest absolute Gasteiger partial charge is 0.317 e. The van der Waals surface area contributed by atoms with E-state index in [0.29, 0.717) is 17.5 Å². The first kappa shape index (κ1) is 18.5. The van der Waals surface area contributed by atoms with E-state index in [9.17, 15) is 4.79 Å². The first-order chi connectivity index (χ1) is 13.6. The topological polar surface area (TPSA) is 84.7 Å². The Hall–Kier alpha value is -2.87. The lowest BCUT2D eigenvalue weighted by atomic mass is 9.97. The average molecular weight is 382 g/mol. The number of aryl methyl sites for hydroxylation is 2. The molecule has 3 aromatic rings. The Morgan fingerprint density at radius 2 is 2.11 bits per heavy atom. The maximum Gasteiger partial charge on any atom is 0.228 e. The number of benzene rings is 1. The van der Waals surface area contributed by atoms with E-state index in [-0.39, 0.29) is 17.6 Å². The minimum Gasteiger partial charge on any atom is -0.317 e.